The quantitative estimate of drug-likeness (QED) is 0.848. The van der Waals surface area contributed by atoms with Crippen LogP contribution in [0.15, 0.2) is 28.7 Å². The first-order chi connectivity index (χ1) is 10.1. The minimum Gasteiger partial charge on any atom is -0.497 e. The van der Waals surface area contributed by atoms with E-state index in [1.165, 1.54) is 0 Å². The van der Waals surface area contributed by atoms with E-state index in [-0.39, 0.29) is 5.91 Å². The Morgan fingerprint density at radius 3 is 2.76 bits per heavy atom. The van der Waals surface area contributed by atoms with Crippen LogP contribution < -0.4 is 9.64 Å². The van der Waals surface area contributed by atoms with Gasteiger partial charge >= 0.3 is 0 Å². The maximum absolute atomic E-state index is 12.8. The van der Waals surface area contributed by atoms with E-state index in [2.05, 4.69) is 0 Å². The number of carbonyl (C=O) groups is 1. The fourth-order valence-electron chi connectivity index (χ4n) is 2.90. The van der Waals surface area contributed by atoms with Crippen LogP contribution in [0.2, 0.25) is 0 Å². The summed E-state index contributed by atoms with van der Waals surface area (Å²) in [6.45, 7) is 4.43. The predicted octanol–water partition coefficient (Wildman–Crippen LogP) is 3.50. The van der Waals surface area contributed by atoms with Crippen molar-refractivity contribution in [1.82, 2.24) is 0 Å². The van der Waals surface area contributed by atoms with Crippen LogP contribution in [0.4, 0.5) is 5.69 Å². The van der Waals surface area contributed by atoms with E-state index >= 15 is 0 Å². The third kappa shape index (κ3) is 2.42. The van der Waals surface area contributed by atoms with E-state index in [9.17, 15) is 4.79 Å². The second-order valence-corrected chi connectivity index (χ2v) is 5.38. The van der Waals surface area contributed by atoms with Crippen LogP contribution >= 0.6 is 0 Å². The number of rotatable bonds is 2. The summed E-state index contributed by atoms with van der Waals surface area (Å²) >= 11 is 0. The first kappa shape index (κ1) is 13.7. The molecule has 0 N–H and O–H groups in total. The second kappa shape index (κ2) is 5.28. The zero-order valence-electron chi connectivity index (χ0n) is 12.6. The number of carbonyl (C=O) groups excluding carboxylic acids is 1. The molecule has 1 aliphatic rings. The van der Waals surface area contributed by atoms with Crippen LogP contribution in [0.1, 0.15) is 33.9 Å². The molecule has 110 valence electrons. The molecule has 4 nitrogen and oxygen atoms in total. The molecule has 1 aromatic heterocycles. The summed E-state index contributed by atoms with van der Waals surface area (Å²) < 4.78 is 10.7. The van der Waals surface area contributed by atoms with E-state index in [4.69, 9.17) is 9.15 Å². The van der Waals surface area contributed by atoms with Crippen molar-refractivity contribution in [3.63, 3.8) is 0 Å². The minimum absolute atomic E-state index is 0.00969. The van der Waals surface area contributed by atoms with Gasteiger partial charge in [-0.3, -0.25) is 4.79 Å². The summed E-state index contributed by atoms with van der Waals surface area (Å²) in [5.41, 5.74) is 2.79. The summed E-state index contributed by atoms with van der Waals surface area (Å²) in [6.07, 6.45) is 1.93. The van der Waals surface area contributed by atoms with Gasteiger partial charge in [0.1, 0.15) is 17.3 Å². The van der Waals surface area contributed by atoms with E-state index in [1.54, 1.807) is 7.11 Å². The molecule has 2 heterocycles. The number of aryl methyl sites for hydroxylation is 3. The van der Waals surface area contributed by atoms with Crippen molar-refractivity contribution in [2.75, 3.05) is 18.6 Å². The third-order valence-electron chi connectivity index (χ3n) is 3.92. The average molecular weight is 285 g/mol. The molecule has 0 atom stereocenters. The number of anilines is 1. The Morgan fingerprint density at radius 1 is 1.29 bits per heavy atom. The van der Waals surface area contributed by atoms with Crippen LogP contribution in [-0.4, -0.2) is 19.6 Å². The van der Waals surface area contributed by atoms with Crippen molar-refractivity contribution >= 4 is 11.6 Å². The normalized spacial score (nSPS) is 14.0. The van der Waals surface area contributed by atoms with Crippen molar-refractivity contribution in [3.05, 3.63) is 46.9 Å². The second-order valence-electron chi connectivity index (χ2n) is 5.38. The highest BCUT2D eigenvalue weighted by Crippen LogP contribution is 2.32. The molecule has 0 saturated heterocycles. The maximum Gasteiger partial charge on any atom is 0.261 e. The van der Waals surface area contributed by atoms with Crippen molar-refractivity contribution in [3.8, 4) is 5.75 Å². The van der Waals surface area contributed by atoms with Crippen LogP contribution in [0.5, 0.6) is 5.75 Å². The summed E-state index contributed by atoms with van der Waals surface area (Å²) in [4.78, 5) is 14.6. The average Bonchev–Trinajstić information content (AvgIpc) is 2.84. The number of furan rings is 1. The molecule has 2 aromatic rings. The van der Waals surface area contributed by atoms with E-state index in [0.717, 1.165) is 42.1 Å². The number of fused-ring (bicyclic) bond motifs is 1. The predicted molar refractivity (Wildman–Crippen MR) is 81.2 cm³/mol. The number of benzene rings is 1. The molecule has 1 aromatic carbocycles. The monoisotopic (exact) mass is 285 g/mol. The number of hydrogen-bond donors (Lipinski definition) is 0. The lowest BCUT2D eigenvalue weighted by molar-refractivity contribution is 0.0983. The Kier molecular flexibility index (Phi) is 3.45. The lowest BCUT2D eigenvalue weighted by Gasteiger charge is -2.29. The largest absolute Gasteiger partial charge is 0.497 e. The molecular weight excluding hydrogens is 266 g/mol. The van der Waals surface area contributed by atoms with Crippen LogP contribution in [0.25, 0.3) is 0 Å². The first-order valence-corrected chi connectivity index (χ1v) is 7.16. The molecule has 0 radical (unpaired) electrons. The highest BCUT2D eigenvalue weighted by molar-refractivity contribution is 6.07. The Bertz CT molecular complexity index is 687. The molecule has 4 heteroatoms. The van der Waals surface area contributed by atoms with Gasteiger partial charge < -0.3 is 14.1 Å². The lowest BCUT2D eigenvalue weighted by atomic mass is 10.0. The number of amides is 1. The fourth-order valence-corrected chi connectivity index (χ4v) is 2.90. The fraction of sp³-hybridized carbons (Fsp3) is 0.353. The van der Waals surface area contributed by atoms with Crippen molar-refractivity contribution in [2.24, 2.45) is 0 Å². The molecule has 1 aliphatic heterocycles. The lowest BCUT2D eigenvalue weighted by Crippen LogP contribution is -2.35. The van der Waals surface area contributed by atoms with Gasteiger partial charge in [0, 0.05) is 12.2 Å². The van der Waals surface area contributed by atoms with E-state index < -0.39 is 0 Å². The van der Waals surface area contributed by atoms with Gasteiger partial charge in [-0.25, -0.2) is 0 Å². The van der Waals surface area contributed by atoms with Crippen LogP contribution in [0, 0.1) is 13.8 Å². The zero-order valence-corrected chi connectivity index (χ0v) is 12.6. The van der Waals surface area contributed by atoms with Gasteiger partial charge in [-0.1, -0.05) is 0 Å². The van der Waals surface area contributed by atoms with Crippen LogP contribution in [-0.2, 0) is 6.42 Å². The third-order valence-corrected chi connectivity index (χ3v) is 3.92. The Balaban J connectivity index is 1.98. The molecule has 0 unspecified atom stereocenters. The summed E-state index contributed by atoms with van der Waals surface area (Å²) in [5.74, 6) is 2.29. The number of methoxy groups -OCH3 is 1. The molecule has 3 rings (SSSR count). The standard InChI is InChI=1S/C17H19NO3/c1-11-9-15(12(2)21-11)17(19)18-8-4-5-13-10-14(20-3)6-7-16(13)18/h6-7,9-10H,4-5,8H2,1-3H3. The van der Waals surface area contributed by atoms with Gasteiger partial charge in [-0.05, 0) is 56.5 Å². The molecule has 0 aliphatic carbocycles. The van der Waals surface area contributed by atoms with Crippen molar-refractivity contribution in [2.45, 2.75) is 26.7 Å². The van der Waals surface area contributed by atoms with Crippen molar-refractivity contribution in [1.29, 1.82) is 0 Å². The number of hydrogen-bond acceptors (Lipinski definition) is 3. The van der Waals surface area contributed by atoms with Crippen molar-refractivity contribution < 1.29 is 13.9 Å². The maximum atomic E-state index is 12.8. The number of nitrogens with zero attached hydrogens (tertiary/aromatic N) is 1. The van der Waals surface area contributed by atoms with Gasteiger partial charge in [0.2, 0.25) is 0 Å². The summed E-state index contributed by atoms with van der Waals surface area (Å²) in [7, 11) is 1.66. The Morgan fingerprint density at radius 2 is 2.10 bits per heavy atom. The van der Waals surface area contributed by atoms with Gasteiger partial charge in [-0.2, -0.15) is 0 Å². The SMILES string of the molecule is COc1ccc2c(c1)CCCN2C(=O)c1cc(C)oc1C. The molecule has 1 amide bonds. The molecule has 0 saturated carbocycles. The molecular formula is C17H19NO3. The van der Waals surface area contributed by atoms with Crippen LogP contribution in [0.3, 0.4) is 0 Å². The number of ether oxygens (including phenoxy) is 1. The molecule has 0 bridgehead atoms. The summed E-state index contributed by atoms with van der Waals surface area (Å²) in [6, 6.07) is 7.70. The van der Waals surface area contributed by atoms with Gasteiger partial charge in [0.15, 0.2) is 0 Å². The Labute approximate surface area is 124 Å². The summed E-state index contributed by atoms with van der Waals surface area (Å²) in [5, 5.41) is 0. The highest BCUT2D eigenvalue weighted by Gasteiger charge is 2.26. The zero-order chi connectivity index (χ0) is 15.0. The van der Waals surface area contributed by atoms with Gasteiger partial charge in [-0.15, -0.1) is 0 Å². The minimum atomic E-state index is 0.00969. The van der Waals surface area contributed by atoms with E-state index in [0.29, 0.717) is 11.3 Å². The smallest absolute Gasteiger partial charge is 0.261 e. The first-order valence-electron chi connectivity index (χ1n) is 7.16. The molecule has 21 heavy (non-hydrogen) atoms. The van der Waals surface area contributed by atoms with Gasteiger partial charge in [0.25, 0.3) is 5.91 Å². The topological polar surface area (TPSA) is 42.7 Å². The highest BCUT2D eigenvalue weighted by atomic mass is 16.5. The molecule has 0 fully saturated rings. The Hall–Kier alpha value is -2.23. The molecule has 0 spiro atoms. The van der Waals surface area contributed by atoms with Gasteiger partial charge in [0.05, 0.1) is 12.7 Å². The van der Waals surface area contributed by atoms with E-state index in [1.807, 2.05) is 43.0 Å².